The van der Waals surface area contributed by atoms with Crippen LogP contribution < -0.4 is 0 Å². The Hall–Kier alpha value is -2.26. The Balaban J connectivity index is 2.48. The number of rotatable bonds is 0. The molecule has 0 bridgehead atoms. The molecule has 0 heterocycles. The van der Waals surface area contributed by atoms with Crippen LogP contribution in [0.5, 0.6) is 0 Å². The molecule has 17 heavy (non-hydrogen) atoms. The maximum atomic E-state index is 3.31. The van der Waals surface area contributed by atoms with Crippen molar-refractivity contribution in [2.24, 2.45) is 0 Å². The monoisotopic (exact) mass is 214 g/mol. The molecule has 0 aliphatic carbocycles. The lowest BCUT2D eigenvalue weighted by Crippen LogP contribution is -1.84. The zero-order chi connectivity index (χ0) is 11.4. The third-order valence-corrected chi connectivity index (χ3v) is 3.56. The van der Waals surface area contributed by atoms with E-state index >= 15 is 0 Å². The topological polar surface area (TPSA) is 0 Å². The van der Waals surface area contributed by atoms with Crippen molar-refractivity contribution in [2.45, 2.75) is 6.92 Å². The fourth-order valence-electron chi connectivity index (χ4n) is 2.69. The second-order valence-electron chi connectivity index (χ2n) is 4.57. The van der Waals surface area contributed by atoms with Crippen LogP contribution in [0.25, 0.3) is 32.3 Å². The fraction of sp³-hybridized carbons (Fsp3) is 0.0588. The van der Waals surface area contributed by atoms with Gasteiger partial charge in [-0.3, -0.25) is 0 Å². The van der Waals surface area contributed by atoms with Crippen molar-refractivity contribution in [1.29, 1.82) is 0 Å². The normalized spacial score (nSPS) is 11.4. The summed E-state index contributed by atoms with van der Waals surface area (Å²) < 4.78 is 0. The van der Waals surface area contributed by atoms with Gasteiger partial charge in [0.15, 0.2) is 0 Å². The maximum Gasteiger partial charge on any atom is 0.0363 e. The van der Waals surface area contributed by atoms with Crippen LogP contribution in [-0.4, -0.2) is 0 Å². The molecule has 4 aromatic rings. The lowest BCUT2D eigenvalue weighted by Gasteiger charge is -2.09. The molecule has 0 saturated carbocycles. The first kappa shape index (κ1) is 8.84. The minimum atomic E-state index is 1.16. The molecule has 4 aromatic carbocycles. The molecular weight excluding hydrogens is 204 g/mol. The van der Waals surface area contributed by atoms with Gasteiger partial charge in [0.1, 0.15) is 0 Å². The van der Waals surface area contributed by atoms with Crippen LogP contribution in [0.1, 0.15) is 5.56 Å². The molecule has 0 aliphatic rings. The summed E-state index contributed by atoms with van der Waals surface area (Å²) in [6.45, 7) is 2.14. The molecule has 0 aliphatic heterocycles. The van der Waals surface area contributed by atoms with E-state index in [-0.39, 0.29) is 0 Å². The first-order valence-corrected chi connectivity index (χ1v) is 5.82. The maximum absolute atomic E-state index is 3.31. The van der Waals surface area contributed by atoms with Gasteiger partial charge in [-0.05, 0) is 29.3 Å². The number of hydrogen-bond acceptors (Lipinski definition) is 0. The lowest BCUT2D eigenvalue weighted by molar-refractivity contribution is 1.55. The molecule has 78 valence electrons. The Labute approximate surface area is 99.8 Å². The summed E-state index contributed by atoms with van der Waals surface area (Å²) in [5.41, 5.74) is 1.27. The van der Waals surface area contributed by atoms with Crippen LogP contribution >= 0.6 is 0 Å². The van der Waals surface area contributed by atoms with Crippen molar-refractivity contribution >= 4 is 32.3 Å². The van der Waals surface area contributed by atoms with Crippen LogP contribution in [0.2, 0.25) is 0 Å². The Kier molecular flexibility index (Phi) is 1.51. The fourth-order valence-corrected chi connectivity index (χ4v) is 2.69. The zero-order valence-corrected chi connectivity index (χ0v) is 9.54. The van der Waals surface area contributed by atoms with Crippen molar-refractivity contribution < 1.29 is 0 Å². The zero-order valence-electron chi connectivity index (χ0n) is 9.54. The predicted octanol–water partition coefficient (Wildman–Crippen LogP) is 4.49. The number of benzene rings is 3. The molecule has 0 spiro atoms. The first-order chi connectivity index (χ1) is 8.34. The summed E-state index contributed by atoms with van der Waals surface area (Å²) in [6.07, 6.45) is 0. The van der Waals surface area contributed by atoms with Crippen molar-refractivity contribution in [3.8, 4) is 0 Å². The van der Waals surface area contributed by atoms with Gasteiger partial charge in [-0.2, -0.15) is 0 Å². The first-order valence-electron chi connectivity index (χ1n) is 5.82. The summed E-state index contributed by atoms with van der Waals surface area (Å²) in [5.74, 6) is 0. The Morgan fingerprint density at radius 2 is 1.53 bits per heavy atom. The quantitative estimate of drug-likeness (QED) is 0.378. The van der Waals surface area contributed by atoms with E-state index in [9.17, 15) is 0 Å². The highest BCUT2D eigenvalue weighted by Gasteiger charge is 2.07. The molecule has 0 nitrogen and oxygen atoms in total. The number of hydrogen-bond donors (Lipinski definition) is 0. The lowest BCUT2D eigenvalue weighted by atomic mass is 9.94. The van der Waals surface area contributed by atoms with Crippen molar-refractivity contribution in [3.05, 3.63) is 60.2 Å². The van der Waals surface area contributed by atoms with Crippen LogP contribution in [0.3, 0.4) is 0 Å². The highest BCUT2D eigenvalue weighted by atomic mass is 14.1. The molecule has 0 unspecified atom stereocenters. The molecule has 0 amide bonds. The third-order valence-electron chi connectivity index (χ3n) is 3.56. The van der Waals surface area contributed by atoms with Gasteiger partial charge in [-0.15, -0.1) is 0 Å². The smallest absolute Gasteiger partial charge is 0.0363 e. The minimum Gasteiger partial charge on any atom is -0.0609 e. The molecule has 0 saturated heterocycles. The summed E-state index contributed by atoms with van der Waals surface area (Å²) in [4.78, 5) is 0. The van der Waals surface area contributed by atoms with E-state index in [1.165, 1.54) is 32.5 Å². The van der Waals surface area contributed by atoms with Crippen LogP contribution in [0.4, 0.5) is 0 Å². The standard InChI is InChI=1S/C17H10/c1-11-5-6-14-8-7-12-3-2-4-13-9-10-15(11)17(14)16(12)13/h2-8H,1H3. The SMILES string of the molecule is Cc1ccc2ccc3cccc4c#cc1c2c43. The highest BCUT2D eigenvalue weighted by Crippen LogP contribution is 2.33. The molecule has 0 aromatic heterocycles. The molecule has 0 N–H and O–H groups in total. The second kappa shape index (κ2) is 2.90. The van der Waals surface area contributed by atoms with Crippen LogP contribution in [0, 0.1) is 19.1 Å². The van der Waals surface area contributed by atoms with E-state index in [0.717, 1.165) is 5.39 Å². The third kappa shape index (κ3) is 1.04. The van der Waals surface area contributed by atoms with Crippen LogP contribution in [0.15, 0.2) is 42.5 Å². The molecule has 0 heteroatoms. The Bertz CT molecular complexity index is 824. The van der Waals surface area contributed by atoms with Gasteiger partial charge in [0.05, 0.1) is 0 Å². The van der Waals surface area contributed by atoms with E-state index in [0.29, 0.717) is 0 Å². The summed E-state index contributed by atoms with van der Waals surface area (Å²) in [7, 11) is 0. The van der Waals surface area contributed by atoms with Crippen molar-refractivity contribution in [2.75, 3.05) is 0 Å². The van der Waals surface area contributed by atoms with E-state index in [4.69, 9.17) is 0 Å². The minimum absolute atomic E-state index is 1.16. The molecule has 0 atom stereocenters. The second-order valence-corrected chi connectivity index (χ2v) is 4.57. The van der Waals surface area contributed by atoms with Crippen molar-refractivity contribution in [3.63, 3.8) is 0 Å². The van der Waals surface area contributed by atoms with Crippen molar-refractivity contribution in [1.82, 2.24) is 0 Å². The van der Waals surface area contributed by atoms with E-state index in [2.05, 4.69) is 61.5 Å². The molecule has 0 radical (unpaired) electrons. The van der Waals surface area contributed by atoms with E-state index in [1.54, 1.807) is 0 Å². The summed E-state index contributed by atoms with van der Waals surface area (Å²) in [5, 5.41) is 7.59. The summed E-state index contributed by atoms with van der Waals surface area (Å²) in [6, 6.07) is 21.7. The Morgan fingerprint density at radius 1 is 0.765 bits per heavy atom. The van der Waals surface area contributed by atoms with Gasteiger partial charge in [0.25, 0.3) is 0 Å². The van der Waals surface area contributed by atoms with Gasteiger partial charge in [-0.1, -0.05) is 48.5 Å². The number of aryl methyl sites for hydroxylation is 1. The van der Waals surface area contributed by atoms with E-state index < -0.39 is 0 Å². The molecule has 0 fully saturated rings. The average molecular weight is 214 g/mol. The largest absolute Gasteiger partial charge is 0.0609 e. The van der Waals surface area contributed by atoms with Crippen LogP contribution in [-0.2, 0) is 0 Å². The highest BCUT2D eigenvalue weighted by molar-refractivity contribution is 6.22. The van der Waals surface area contributed by atoms with Gasteiger partial charge in [0.2, 0.25) is 0 Å². The molecule has 4 rings (SSSR count). The van der Waals surface area contributed by atoms with Gasteiger partial charge in [-0.25, -0.2) is 0 Å². The predicted molar refractivity (Wildman–Crippen MR) is 72.6 cm³/mol. The van der Waals surface area contributed by atoms with Gasteiger partial charge >= 0.3 is 0 Å². The Morgan fingerprint density at radius 3 is 2.41 bits per heavy atom. The molecular formula is C17H10. The van der Waals surface area contributed by atoms with Gasteiger partial charge < -0.3 is 0 Å². The summed E-state index contributed by atoms with van der Waals surface area (Å²) >= 11 is 0. The average Bonchev–Trinajstić information content (AvgIpc) is 2.38. The van der Waals surface area contributed by atoms with E-state index in [1.807, 2.05) is 0 Å². The van der Waals surface area contributed by atoms with Gasteiger partial charge in [0, 0.05) is 21.5 Å².